The van der Waals surface area contributed by atoms with Crippen LogP contribution in [0.5, 0.6) is 5.75 Å². The van der Waals surface area contributed by atoms with E-state index in [0.29, 0.717) is 18.2 Å². The van der Waals surface area contributed by atoms with Crippen molar-refractivity contribution >= 4 is 0 Å². The van der Waals surface area contributed by atoms with Crippen molar-refractivity contribution in [3.63, 3.8) is 0 Å². The third-order valence-electron chi connectivity index (χ3n) is 3.32. The molecule has 2 nitrogen and oxygen atoms in total. The Hall–Kier alpha value is -1.80. The molecule has 0 radical (unpaired) electrons. The fraction of sp³-hybridized carbons (Fsp3) is 0.250. The number of hydrogen-bond acceptors (Lipinski definition) is 2. The minimum absolute atomic E-state index is 0.345. The first-order chi connectivity index (χ1) is 8.72. The van der Waals surface area contributed by atoms with Gasteiger partial charge in [0.05, 0.1) is 0 Å². The van der Waals surface area contributed by atoms with E-state index in [0.717, 1.165) is 12.0 Å². The third kappa shape index (κ3) is 2.71. The van der Waals surface area contributed by atoms with Crippen LogP contribution < -0.4 is 5.73 Å². The van der Waals surface area contributed by atoms with Gasteiger partial charge in [0.1, 0.15) is 5.75 Å². The summed E-state index contributed by atoms with van der Waals surface area (Å²) in [6.07, 6.45) is 0.823. The maximum atomic E-state index is 9.81. The van der Waals surface area contributed by atoms with Gasteiger partial charge in [-0.3, -0.25) is 0 Å². The van der Waals surface area contributed by atoms with Crippen LogP contribution in [0.4, 0.5) is 0 Å². The Labute approximate surface area is 108 Å². The normalized spacial score (nSPS) is 12.3. The Kier molecular flexibility index (Phi) is 4.00. The lowest BCUT2D eigenvalue weighted by Crippen LogP contribution is -2.06. The molecule has 94 valence electrons. The molecule has 0 aliphatic carbocycles. The zero-order chi connectivity index (χ0) is 13.0. The van der Waals surface area contributed by atoms with E-state index >= 15 is 0 Å². The maximum absolute atomic E-state index is 9.81. The molecule has 2 rings (SSSR count). The van der Waals surface area contributed by atoms with Crippen molar-refractivity contribution in [2.75, 3.05) is 0 Å². The molecule has 0 bridgehead atoms. The Morgan fingerprint density at radius 2 is 1.61 bits per heavy atom. The number of rotatable bonds is 4. The van der Waals surface area contributed by atoms with Gasteiger partial charge in [-0.05, 0) is 35.1 Å². The van der Waals surface area contributed by atoms with Gasteiger partial charge in [-0.15, -0.1) is 0 Å². The number of nitrogens with two attached hydrogens (primary N) is 1. The number of phenols is 1. The average Bonchev–Trinajstić information content (AvgIpc) is 2.41. The van der Waals surface area contributed by atoms with Gasteiger partial charge in [0.25, 0.3) is 0 Å². The van der Waals surface area contributed by atoms with E-state index in [-0.39, 0.29) is 0 Å². The number of aromatic hydroxyl groups is 1. The summed E-state index contributed by atoms with van der Waals surface area (Å²) in [5, 5.41) is 9.81. The van der Waals surface area contributed by atoms with Gasteiger partial charge in [-0.2, -0.15) is 0 Å². The molecule has 2 aromatic rings. The molecule has 1 unspecified atom stereocenters. The smallest absolute Gasteiger partial charge is 0.118 e. The molecule has 2 heteroatoms. The van der Waals surface area contributed by atoms with Crippen molar-refractivity contribution in [2.45, 2.75) is 25.8 Å². The number of phenolic OH excluding ortho intramolecular Hbond substituents is 1. The summed E-state index contributed by atoms with van der Waals surface area (Å²) in [4.78, 5) is 0. The molecule has 0 saturated carbocycles. The minimum atomic E-state index is 0.345. The van der Waals surface area contributed by atoms with E-state index in [1.54, 1.807) is 6.07 Å². The number of para-hydroxylation sites is 1. The fourth-order valence-electron chi connectivity index (χ4n) is 2.32. The van der Waals surface area contributed by atoms with Crippen molar-refractivity contribution in [1.29, 1.82) is 0 Å². The maximum Gasteiger partial charge on any atom is 0.118 e. The van der Waals surface area contributed by atoms with Gasteiger partial charge in [0.2, 0.25) is 0 Å². The lowest BCUT2D eigenvalue weighted by molar-refractivity contribution is 0.466. The lowest BCUT2D eigenvalue weighted by atomic mass is 9.90. The predicted octanol–water partition coefficient (Wildman–Crippen LogP) is 3.20. The number of benzene rings is 2. The molecular formula is C16H19NO. The molecule has 0 fully saturated rings. The SMILES string of the molecule is CC(Cc1ccccc1O)c1ccccc1CN. The van der Waals surface area contributed by atoms with E-state index < -0.39 is 0 Å². The average molecular weight is 241 g/mol. The van der Waals surface area contributed by atoms with Gasteiger partial charge >= 0.3 is 0 Å². The molecule has 2 aromatic carbocycles. The second-order valence-corrected chi connectivity index (χ2v) is 4.64. The standard InChI is InChI=1S/C16H19NO/c1-12(10-13-6-3-5-9-16(13)18)15-8-4-2-7-14(15)11-17/h2-9,12,18H,10-11,17H2,1H3. The largest absolute Gasteiger partial charge is 0.508 e. The van der Waals surface area contributed by atoms with Gasteiger partial charge < -0.3 is 10.8 Å². The molecule has 0 heterocycles. The highest BCUT2D eigenvalue weighted by atomic mass is 16.3. The highest BCUT2D eigenvalue weighted by molar-refractivity contribution is 5.36. The van der Waals surface area contributed by atoms with Crippen molar-refractivity contribution < 1.29 is 5.11 Å². The summed E-state index contributed by atoms with van der Waals surface area (Å²) in [6, 6.07) is 15.7. The summed E-state index contributed by atoms with van der Waals surface area (Å²) < 4.78 is 0. The van der Waals surface area contributed by atoms with Gasteiger partial charge in [0.15, 0.2) is 0 Å². The molecule has 0 aliphatic heterocycles. The quantitative estimate of drug-likeness (QED) is 0.863. The van der Waals surface area contributed by atoms with E-state index in [9.17, 15) is 5.11 Å². The van der Waals surface area contributed by atoms with Crippen molar-refractivity contribution in [2.24, 2.45) is 5.73 Å². The molecule has 18 heavy (non-hydrogen) atoms. The first-order valence-corrected chi connectivity index (χ1v) is 6.27. The Balaban J connectivity index is 2.22. The highest BCUT2D eigenvalue weighted by Crippen LogP contribution is 2.27. The van der Waals surface area contributed by atoms with Crippen LogP contribution in [-0.4, -0.2) is 5.11 Å². The molecule has 0 aliphatic rings. The minimum Gasteiger partial charge on any atom is -0.508 e. The molecule has 0 spiro atoms. The van der Waals surface area contributed by atoms with Crippen molar-refractivity contribution in [3.8, 4) is 5.75 Å². The second-order valence-electron chi connectivity index (χ2n) is 4.64. The van der Waals surface area contributed by atoms with Crippen molar-refractivity contribution in [3.05, 3.63) is 65.2 Å². The second kappa shape index (κ2) is 5.69. The molecule has 0 amide bonds. The van der Waals surface area contributed by atoms with Crippen LogP contribution in [0.15, 0.2) is 48.5 Å². The van der Waals surface area contributed by atoms with Crippen molar-refractivity contribution in [1.82, 2.24) is 0 Å². The van der Waals surface area contributed by atoms with Gasteiger partial charge in [0, 0.05) is 6.54 Å². The van der Waals surface area contributed by atoms with Crippen LogP contribution in [0.1, 0.15) is 29.5 Å². The predicted molar refractivity (Wildman–Crippen MR) is 74.6 cm³/mol. The third-order valence-corrected chi connectivity index (χ3v) is 3.32. The molecule has 0 aromatic heterocycles. The molecule has 3 N–H and O–H groups in total. The highest BCUT2D eigenvalue weighted by Gasteiger charge is 2.11. The van der Waals surface area contributed by atoms with E-state index in [1.165, 1.54) is 11.1 Å². The summed E-state index contributed by atoms with van der Waals surface area (Å²) in [6.45, 7) is 2.72. The topological polar surface area (TPSA) is 46.2 Å². The fourth-order valence-corrected chi connectivity index (χ4v) is 2.32. The molecule has 1 atom stereocenters. The number of hydrogen-bond donors (Lipinski definition) is 2. The Bertz CT molecular complexity index is 522. The van der Waals surface area contributed by atoms with E-state index in [2.05, 4.69) is 19.1 Å². The van der Waals surface area contributed by atoms with E-state index in [4.69, 9.17) is 5.73 Å². The lowest BCUT2D eigenvalue weighted by Gasteiger charge is -2.16. The summed E-state index contributed by atoms with van der Waals surface area (Å²) in [7, 11) is 0. The zero-order valence-electron chi connectivity index (χ0n) is 10.6. The van der Waals surface area contributed by atoms with E-state index in [1.807, 2.05) is 30.3 Å². The monoisotopic (exact) mass is 241 g/mol. The van der Waals surface area contributed by atoms with Crippen LogP contribution in [0.25, 0.3) is 0 Å². The molecular weight excluding hydrogens is 222 g/mol. The summed E-state index contributed by atoms with van der Waals surface area (Å²) in [5.74, 6) is 0.715. The van der Waals surface area contributed by atoms with Gasteiger partial charge in [-0.1, -0.05) is 49.4 Å². The van der Waals surface area contributed by atoms with Crippen LogP contribution in [0, 0.1) is 0 Å². The zero-order valence-corrected chi connectivity index (χ0v) is 10.6. The Morgan fingerprint density at radius 3 is 2.28 bits per heavy atom. The first kappa shape index (κ1) is 12.7. The van der Waals surface area contributed by atoms with Gasteiger partial charge in [-0.25, -0.2) is 0 Å². The summed E-state index contributed by atoms with van der Waals surface area (Å²) in [5.41, 5.74) is 9.19. The van der Waals surface area contributed by atoms with Crippen LogP contribution in [0.3, 0.4) is 0 Å². The Morgan fingerprint density at radius 1 is 1.00 bits per heavy atom. The van der Waals surface area contributed by atoms with Crippen LogP contribution in [-0.2, 0) is 13.0 Å². The van der Waals surface area contributed by atoms with Crippen LogP contribution in [0.2, 0.25) is 0 Å². The first-order valence-electron chi connectivity index (χ1n) is 6.27. The van der Waals surface area contributed by atoms with Crippen LogP contribution >= 0.6 is 0 Å². The molecule has 0 saturated heterocycles. The summed E-state index contributed by atoms with van der Waals surface area (Å²) >= 11 is 0.